The van der Waals surface area contributed by atoms with Gasteiger partial charge in [0.05, 0.1) is 18.7 Å². The number of carbonyl (C=O) groups excluding carboxylic acids is 2. The molecule has 2 amide bonds. The fraction of sp³-hybridized carbons (Fsp3) is 0.222. The van der Waals surface area contributed by atoms with Gasteiger partial charge in [0.2, 0.25) is 5.91 Å². The molecule has 1 heterocycles. The number of hydrogen-bond donors (Lipinski definition) is 1. The predicted octanol–water partition coefficient (Wildman–Crippen LogP) is 3.48. The van der Waals surface area contributed by atoms with Crippen molar-refractivity contribution in [2.24, 2.45) is 0 Å². The minimum atomic E-state index is -0.603. The summed E-state index contributed by atoms with van der Waals surface area (Å²) in [7, 11) is 0. The lowest BCUT2D eigenvalue weighted by Crippen LogP contribution is -2.35. The van der Waals surface area contributed by atoms with Gasteiger partial charge in [-0.1, -0.05) is 23.7 Å². The number of rotatable bonds is 5. The van der Waals surface area contributed by atoms with Gasteiger partial charge in [-0.05, 0) is 43.3 Å². The van der Waals surface area contributed by atoms with Gasteiger partial charge in [0, 0.05) is 10.7 Å². The zero-order valence-electron chi connectivity index (χ0n) is 13.2. The fourth-order valence-corrected chi connectivity index (χ4v) is 2.79. The molecule has 3 rings (SSSR count). The van der Waals surface area contributed by atoms with Crippen molar-refractivity contribution in [3.63, 3.8) is 0 Å². The Labute approximate surface area is 145 Å². The molecule has 1 N–H and O–H groups in total. The maximum atomic E-state index is 12.7. The predicted molar refractivity (Wildman–Crippen MR) is 93.6 cm³/mol. The number of anilines is 2. The van der Waals surface area contributed by atoms with E-state index >= 15 is 0 Å². The second kappa shape index (κ2) is 6.93. The highest BCUT2D eigenvalue weighted by molar-refractivity contribution is 6.30. The summed E-state index contributed by atoms with van der Waals surface area (Å²) >= 11 is 5.86. The van der Waals surface area contributed by atoms with Gasteiger partial charge in [0.25, 0.3) is 5.91 Å². The Morgan fingerprint density at radius 1 is 1.17 bits per heavy atom. The van der Waals surface area contributed by atoms with Crippen molar-refractivity contribution in [2.75, 3.05) is 16.8 Å². The topological polar surface area (TPSA) is 58.6 Å². The average molecular weight is 345 g/mol. The number of hydrogen-bond acceptors (Lipinski definition) is 4. The minimum Gasteiger partial charge on any atom is -0.492 e. The Morgan fingerprint density at radius 2 is 1.88 bits per heavy atom. The fourth-order valence-electron chi connectivity index (χ4n) is 2.66. The zero-order chi connectivity index (χ0) is 17.1. The van der Waals surface area contributed by atoms with E-state index in [9.17, 15) is 9.59 Å². The number of ether oxygens (including phenoxy) is 1. The van der Waals surface area contributed by atoms with Crippen LogP contribution in [0.2, 0.25) is 5.02 Å². The molecule has 2 aromatic carbocycles. The van der Waals surface area contributed by atoms with Crippen LogP contribution in [-0.2, 0) is 9.59 Å². The number of carbonyl (C=O) groups is 2. The van der Waals surface area contributed by atoms with Gasteiger partial charge < -0.3 is 10.1 Å². The quantitative estimate of drug-likeness (QED) is 0.844. The van der Waals surface area contributed by atoms with Gasteiger partial charge in [0.15, 0.2) is 0 Å². The van der Waals surface area contributed by atoms with Crippen LogP contribution in [0.15, 0.2) is 48.5 Å². The number of amides is 2. The van der Waals surface area contributed by atoms with Gasteiger partial charge in [-0.25, -0.2) is 4.90 Å². The third kappa shape index (κ3) is 3.21. The molecule has 6 heteroatoms. The first-order valence-electron chi connectivity index (χ1n) is 7.71. The number of nitrogens with one attached hydrogen (secondary N) is 1. The molecule has 1 aliphatic heterocycles. The third-order valence-corrected chi connectivity index (χ3v) is 3.99. The van der Waals surface area contributed by atoms with Crippen LogP contribution in [0.25, 0.3) is 0 Å². The minimum absolute atomic E-state index is 0.0991. The van der Waals surface area contributed by atoms with Crippen molar-refractivity contribution in [2.45, 2.75) is 19.4 Å². The molecule has 1 aliphatic rings. The Hall–Kier alpha value is -2.53. The maximum absolute atomic E-state index is 12.7. The highest BCUT2D eigenvalue weighted by atomic mass is 35.5. The summed E-state index contributed by atoms with van der Waals surface area (Å²) in [5.74, 6) is -0.0189. The maximum Gasteiger partial charge on any atom is 0.256 e. The van der Waals surface area contributed by atoms with Crippen LogP contribution in [-0.4, -0.2) is 24.5 Å². The van der Waals surface area contributed by atoms with Crippen molar-refractivity contribution in [3.05, 3.63) is 53.6 Å². The summed E-state index contributed by atoms with van der Waals surface area (Å²) < 4.78 is 5.53. The Morgan fingerprint density at radius 3 is 2.58 bits per heavy atom. The molecule has 0 aliphatic carbocycles. The van der Waals surface area contributed by atoms with Crippen LogP contribution in [0.5, 0.6) is 5.75 Å². The van der Waals surface area contributed by atoms with Crippen LogP contribution in [0, 0.1) is 0 Å². The van der Waals surface area contributed by atoms with E-state index in [-0.39, 0.29) is 18.2 Å². The number of halogens is 1. The largest absolute Gasteiger partial charge is 0.492 e. The Balaban J connectivity index is 1.83. The van der Waals surface area contributed by atoms with Crippen molar-refractivity contribution < 1.29 is 14.3 Å². The number of benzene rings is 2. The van der Waals surface area contributed by atoms with E-state index in [0.717, 1.165) is 5.69 Å². The van der Waals surface area contributed by atoms with Crippen LogP contribution in [0.4, 0.5) is 11.4 Å². The molecule has 0 aromatic heterocycles. The number of imide groups is 1. The molecule has 0 saturated carbocycles. The van der Waals surface area contributed by atoms with Crippen LogP contribution >= 0.6 is 11.6 Å². The summed E-state index contributed by atoms with van der Waals surface area (Å²) in [5.41, 5.74) is 1.22. The summed E-state index contributed by atoms with van der Waals surface area (Å²) in [5, 5.41) is 3.70. The van der Waals surface area contributed by atoms with E-state index < -0.39 is 6.04 Å². The van der Waals surface area contributed by atoms with Crippen LogP contribution in [0.3, 0.4) is 0 Å². The highest BCUT2D eigenvalue weighted by Gasteiger charge is 2.40. The van der Waals surface area contributed by atoms with Crippen molar-refractivity contribution in [1.82, 2.24) is 0 Å². The average Bonchev–Trinajstić information content (AvgIpc) is 2.85. The third-order valence-electron chi connectivity index (χ3n) is 3.74. The molecule has 124 valence electrons. The van der Waals surface area contributed by atoms with Gasteiger partial charge in [0.1, 0.15) is 11.8 Å². The van der Waals surface area contributed by atoms with Crippen LogP contribution < -0.4 is 15.0 Å². The molecular weight excluding hydrogens is 328 g/mol. The number of para-hydroxylation sites is 2. The standard InChI is InChI=1S/C18H17ClN2O3/c1-2-24-16-6-4-3-5-15(16)21-17(22)11-14(18(21)23)20-13-9-7-12(19)8-10-13/h3-10,14,20H,2,11H2,1H3/t14-/m0/s1. The Kier molecular flexibility index (Phi) is 4.71. The van der Waals surface area contributed by atoms with Gasteiger partial charge in [-0.2, -0.15) is 0 Å². The highest BCUT2D eigenvalue weighted by Crippen LogP contribution is 2.32. The lowest BCUT2D eigenvalue weighted by atomic mass is 10.2. The molecule has 0 bridgehead atoms. The first-order valence-corrected chi connectivity index (χ1v) is 8.08. The molecule has 1 atom stereocenters. The van der Waals surface area contributed by atoms with E-state index in [2.05, 4.69) is 5.32 Å². The number of nitrogens with zero attached hydrogens (tertiary/aromatic N) is 1. The lowest BCUT2D eigenvalue weighted by Gasteiger charge is -2.19. The van der Waals surface area contributed by atoms with Crippen molar-refractivity contribution >= 4 is 34.8 Å². The molecule has 1 fully saturated rings. The van der Waals surface area contributed by atoms with E-state index in [4.69, 9.17) is 16.3 Å². The smallest absolute Gasteiger partial charge is 0.256 e. The SMILES string of the molecule is CCOc1ccccc1N1C(=O)C[C@H](Nc2ccc(Cl)cc2)C1=O. The monoisotopic (exact) mass is 344 g/mol. The van der Waals surface area contributed by atoms with Gasteiger partial charge in [-0.3, -0.25) is 9.59 Å². The van der Waals surface area contributed by atoms with E-state index in [0.29, 0.717) is 23.1 Å². The van der Waals surface area contributed by atoms with Gasteiger partial charge >= 0.3 is 0 Å². The summed E-state index contributed by atoms with van der Waals surface area (Å²) in [6.45, 7) is 2.31. The molecule has 24 heavy (non-hydrogen) atoms. The van der Waals surface area contributed by atoms with E-state index in [1.165, 1.54) is 4.90 Å². The van der Waals surface area contributed by atoms with Crippen molar-refractivity contribution in [3.8, 4) is 5.75 Å². The first kappa shape index (κ1) is 16.3. The molecule has 1 saturated heterocycles. The van der Waals surface area contributed by atoms with Crippen molar-refractivity contribution in [1.29, 1.82) is 0 Å². The normalized spacial score (nSPS) is 17.2. The summed E-state index contributed by atoms with van der Waals surface area (Å²) in [6.07, 6.45) is 0.0991. The summed E-state index contributed by atoms with van der Waals surface area (Å²) in [6, 6.07) is 13.5. The molecule has 0 unspecified atom stereocenters. The molecule has 2 aromatic rings. The first-order chi connectivity index (χ1) is 11.6. The molecule has 0 radical (unpaired) electrons. The molecule has 0 spiro atoms. The second-order valence-corrected chi connectivity index (χ2v) is 5.81. The lowest BCUT2D eigenvalue weighted by molar-refractivity contribution is -0.121. The molecule has 5 nitrogen and oxygen atoms in total. The second-order valence-electron chi connectivity index (χ2n) is 5.38. The molecular formula is C18H17ClN2O3. The Bertz CT molecular complexity index is 761. The van der Waals surface area contributed by atoms with Crippen LogP contribution in [0.1, 0.15) is 13.3 Å². The summed E-state index contributed by atoms with van der Waals surface area (Å²) in [4.78, 5) is 26.3. The van der Waals surface area contributed by atoms with E-state index in [1.807, 2.05) is 13.0 Å². The van der Waals surface area contributed by atoms with Gasteiger partial charge in [-0.15, -0.1) is 0 Å². The van der Waals surface area contributed by atoms with E-state index in [1.54, 1.807) is 42.5 Å². The zero-order valence-corrected chi connectivity index (χ0v) is 13.9.